The van der Waals surface area contributed by atoms with E-state index in [-0.39, 0.29) is 31.1 Å². The highest BCUT2D eigenvalue weighted by molar-refractivity contribution is 5.71. The van der Waals surface area contributed by atoms with Crippen molar-refractivity contribution in [3.63, 3.8) is 0 Å². The van der Waals surface area contributed by atoms with Crippen LogP contribution in [0.5, 0.6) is 0 Å². The summed E-state index contributed by atoms with van der Waals surface area (Å²) in [6.07, 6.45) is 79.6. The Morgan fingerprint density at radius 2 is 0.527 bits per heavy atom. The molecule has 0 amide bonds. The maximum atomic E-state index is 12.9. The first-order chi connectivity index (χ1) is 36.5. The van der Waals surface area contributed by atoms with Gasteiger partial charge in [0.05, 0.1) is 0 Å². The summed E-state index contributed by atoms with van der Waals surface area (Å²) in [5.74, 6) is -0.861. The fourth-order valence-electron chi connectivity index (χ4n) is 9.43. The lowest BCUT2D eigenvalue weighted by Gasteiger charge is -2.18. The van der Waals surface area contributed by atoms with Crippen molar-refractivity contribution in [1.29, 1.82) is 0 Å². The van der Waals surface area contributed by atoms with Gasteiger partial charge in [-0.15, -0.1) is 0 Å². The molecule has 0 aromatic carbocycles. The number of unbranched alkanes of at least 4 members (excludes halogenated alkanes) is 38. The summed E-state index contributed by atoms with van der Waals surface area (Å²) in [4.78, 5) is 38.1. The van der Waals surface area contributed by atoms with Crippen molar-refractivity contribution in [3.05, 3.63) is 60.8 Å². The van der Waals surface area contributed by atoms with Crippen LogP contribution in [0.15, 0.2) is 60.8 Å². The maximum absolute atomic E-state index is 12.9. The largest absolute Gasteiger partial charge is 0.462 e. The number of rotatable bonds is 59. The molecule has 1 atom stereocenters. The van der Waals surface area contributed by atoms with E-state index in [0.29, 0.717) is 19.3 Å². The van der Waals surface area contributed by atoms with E-state index in [9.17, 15) is 14.4 Å². The van der Waals surface area contributed by atoms with Gasteiger partial charge >= 0.3 is 17.9 Å². The van der Waals surface area contributed by atoms with Crippen molar-refractivity contribution in [2.45, 2.75) is 341 Å². The molecule has 0 spiro atoms. The van der Waals surface area contributed by atoms with Crippen molar-refractivity contribution in [3.8, 4) is 0 Å². The Morgan fingerprint density at radius 3 is 0.838 bits per heavy atom. The van der Waals surface area contributed by atoms with Crippen LogP contribution in [0.1, 0.15) is 335 Å². The van der Waals surface area contributed by atoms with Crippen LogP contribution >= 0.6 is 0 Å². The highest BCUT2D eigenvalue weighted by atomic mass is 16.6. The first kappa shape index (κ1) is 71.1. The normalized spacial score (nSPS) is 12.4. The van der Waals surface area contributed by atoms with E-state index in [0.717, 1.165) is 83.5 Å². The lowest BCUT2D eigenvalue weighted by molar-refractivity contribution is -0.167. The van der Waals surface area contributed by atoms with Crippen LogP contribution in [-0.4, -0.2) is 37.2 Å². The van der Waals surface area contributed by atoms with Crippen LogP contribution in [0.3, 0.4) is 0 Å². The molecule has 0 aromatic heterocycles. The molecule has 6 heteroatoms. The molecule has 1 unspecified atom stereocenters. The number of hydrogen-bond acceptors (Lipinski definition) is 6. The minimum atomic E-state index is -0.772. The van der Waals surface area contributed by atoms with Gasteiger partial charge in [0.25, 0.3) is 0 Å². The quantitative estimate of drug-likeness (QED) is 0.0261. The fourth-order valence-corrected chi connectivity index (χ4v) is 9.43. The van der Waals surface area contributed by atoms with Crippen LogP contribution < -0.4 is 0 Å². The molecule has 0 aliphatic carbocycles. The van der Waals surface area contributed by atoms with Crippen LogP contribution in [0.2, 0.25) is 0 Å². The Kier molecular flexibility index (Phi) is 60.2. The lowest BCUT2D eigenvalue weighted by atomic mass is 10.0. The van der Waals surface area contributed by atoms with Gasteiger partial charge < -0.3 is 14.2 Å². The lowest BCUT2D eigenvalue weighted by Crippen LogP contribution is -2.30. The van der Waals surface area contributed by atoms with E-state index in [1.54, 1.807) is 0 Å². The number of allylic oxidation sites excluding steroid dienone is 10. The molecule has 0 saturated carbocycles. The molecule has 0 aromatic rings. The first-order valence-electron chi connectivity index (χ1n) is 32.3. The van der Waals surface area contributed by atoms with Crippen molar-refractivity contribution in [2.24, 2.45) is 0 Å². The van der Waals surface area contributed by atoms with E-state index < -0.39 is 6.10 Å². The molecule has 0 aliphatic rings. The van der Waals surface area contributed by atoms with Gasteiger partial charge in [0.15, 0.2) is 6.10 Å². The number of ether oxygens (including phenoxy) is 3. The molecule has 0 heterocycles. The zero-order chi connectivity index (χ0) is 53.6. The van der Waals surface area contributed by atoms with Gasteiger partial charge in [-0.1, -0.05) is 293 Å². The maximum Gasteiger partial charge on any atom is 0.306 e. The summed E-state index contributed by atoms with van der Waals surface area (Å²) in [5.41, 5.74) is 0. The smallest absolute Gasteiger partial charge is 0.306 e. The number of esters is 3. The van der Waals surface area contributed by atoms with Gasteiger partial charge in [-0.3, -0.25) is 14.4 Å². The summed E-state index contributed by atoms with van der Waals surface area (Å²) < 4.78 is 16.9. The summed E-state index contributed by atoms with van der Waals surface area (Å²) in [7, 11) is 0. The Labute approximate surface area is 460 Å². The molecule has 74 heavy (non-hydrogen) atoms. The second-order valence-corrected chi connectivity index (χ2v) is 21.6. The molecule has 430 valence electrons. The van der Waals surface area contributed by atoms with E-state index in [4.69, 9.17) is 14.2 Å². The van der Waals surface area contributed by atoms with E-state index in [1.807, 2.05) is 0 Å². The zero-order valence-electron chi connectivity index (χ0n) is 49.4. The van der Waals surface area contributed by atoms with Crippen LogP contribution in [-0.2, 0) is 28.6 Å². The monoisotopic (exact) mass is 1030 g/mol. The topological polar surface area (TPSA) is 78.9 Å². The Morgan fingerprint density at radius 1 is 0.284 bits per heavy atom. The van der Waals surface area contributed by atoms with Crippen LogP contribution in [0, 0.1) is 0 Å². The highest BCUT2D eigenvalue weighted by Gasteiger charge is 2.19. The molecule has 0 rings (SSSR count). The fraction of sp³-hybridized carbons (Fsp3) is 0.809. The van der Waals surface area contributed by atoms with Gasteiger partial charge in [0, 0.05) is 19.3 Å². The van der Waals surface area contributed by atoms with Gasteiger partial charge in [-0.05, 0) is 83.5 Å². The third-order valence-electron chi connectivity index (χ3n) is 14.3. The Balaban J connectivity index is 4.13. The zero-order valence-corrected chi connectivity index (χ0v) is 49.4. The van der Waals surface area contributed by atoms with Gasteiger partial charge in [0.1, 0.15) is 13.2 Å². The molecular weight excluding hydrogens is 913 g/mol. The predicted molar refractivity (Wildman–Crippen MR) is 321 cm³/mol. The highest BCUT2D eigenvalue weighted by Crippen LogP contribution is 2.17. The molecule has 6 nitrogen and oxygen atoms in total. The molecule has 0 saturated heterocycles. The van der Waals surface area contributed by atoms with Crippen molar-refractivity contribution >= 4 is 17.9 Å². The van der Waals surface area contributed by atoms with Gasteiger partial charge in [0.2, 0.25) is 0 Å². The van der Waals surface area contributed by atoms with Crippen LogP contribution in [0.4, 0.5) is 0 Å². The van der Waals surface area contributed by atoms with Crippen molar-refractivity contribution in [1.82, 2.24) is 0 Å². The molecule has 0 fully saturated rings. The summed E-state index contributed by atoms with van der Waals surface area (Å²) >= 11 is 0. The first-order valence-corrected chi connectivity index (χ1v) is 32.3. The van der Waals surface area contributed by atoms with Gasteiger partial charge in [-0.25, -0.2) is 0 Å². The van der Waals surface area contributed by atoms with Crippen LogP contribution in [0.25, 0.3) is 0 Å². The average molecular weight is 1040 g/mol. The molecular formula is C68H122O6. The Hall–Kier alpha value is -2.89. The predicted octanol–water partition coefficient (Wildman–Crippen LogP) is 21.9. The van der Waals surface area contributed by atoms with Gasteiger partial charge in [-0.2, -0.15) is 0 Å². The second-order valence-electron chi connectivity index (χ2n) is 21.6. The summed E-state index contributed by atoms with van der Waals surface area (Å²) in [6, 6.07) is 0. The van der Waals surface area contributed by atoms with E-state index >= 15 is 0 Å². The molecule has 0 aliphatic heterocycles. The SMILES string of the molecule is CC/C=C\C/C=C\C/C=C\C/C=C\CCCCCCCCCCCCCCCCC(=O)OCC(COC(=O)CCCCCCCCCC)OC(=O)CCCCCCCCCCC/C=C\CCCCCCCCCC. The van der Waals surface area contributed by atoms with E-state index in [1.165, 1.54) is 212 Å². The number of hydrogen-bond donors (Lipinski definition) is 0. The third kappa shape index (κ3) is 60.0. The molecule has 0 N–H and O–H groups in total. The average Bonchev–Trinajstić information content (AvgIpc) is 3.40. The number of carbonyl (C=O) groups is 3. The molecule has 0 bridgehead atoms. The Bertz CT molecular complexity index is 1330. The summed E-state index contributed by atoms with van der Waals surface area (Å²) in [5, 5.41) is 0. The van der Waals surface area contributed by atoms with E-state index in [2.05, 4.69) is 81.5 Å². The minimum absolute atomic E-state index is 0.0712. The van der Waals surface area contributed by atoms with Crippen molar-refractivity contribution in [2.75, 3.05) is 13.2 Å². The summed E-state index contributed by atoms with van der Waals surface area (Å²) in [6.45, 7) is 6.54. The molecule has 0 radical (unpaired) electrons. The third-order valence-corrected chi connectivity index (χ3v) is 14.3. The van der Waals surface area contributed by atoms with Crippen molar-refractivity contribution < 1.29 is 28.6 Å². The second kappa shape index (κ2) is 62.6. The standard InChI is InChI=1S/C68H122O6/c1-4-7-10-13-16-19-21-23-25-27-29-31-32-33-34-35-36-38-39-41-43-45-47-49-52-55-58-61-67(70)73-64-65(63-72-66(69)60-57-54-51-18-15-12-9-6-3)74-68(71)62-59-56-53-50-48-46-44-42-40-37-30-28-26-24-22-20-17-14-11-8-5-2/h7,10,16,19,23,25,28-31,65H,4-6,8-9,11-15,17-18,20-22,24,26-27,32-64H2,1-3H3/b10-7-,19-16-,25-23-,30-28-,31-29-. The minimum Gasteiger partial charge on any atom is -0.462 e. The number of carbonyl (C=O) groups excluding carboxylic acids is 3.